The van der Waals surface area contributed by atoms with Crippen LogP contribution < -0.4 is 15.5 Å². The summed E-state index contributed by atoms with van der Waals surface area (Å²) in [5.74, 6) is -1.60. The van der Waals surface area contributed by atoms with Crippen LogP contribution in [0.3, 0.4) is 0 Å². The third-order valence-electron chi connectivity index (χ3n) is 7.68. The molecule has 4 rings (SSSR count). The highest BCUT2D eigenvalue weighted by Crippen LogP contribution is 2.40. The molecule has 1 aromatic heterocycles. The number of carbonyl (C=O) groups excluding carboxylic acids is 2. The predicted octanol–water partition coefficient (Wildman–Crippen LogP) is 7.33. The highest BCUT2D eigenvalue weighted by molar-refractivity contribution is 7.86. The number of azo groups is 1. The van der Waals surface area contributed by atoms with Gasteiger partial charge in [-0.15, -0.1) is 10.2 Å². The number of carbonyl (C=O) groups is 2. The van der Waals surface area contributed by atoms with Crippen molar-refractivity contribution in [3.8, 4) is 11.8 Å². The van der Waals surface area contributed by atoms with Gasteiger partial charge in [-0.25, -0.2) is 4.68 Å². The molecule has 0 spiro atoms. The van der Waals surface area contributed by atoms with E-state index >= 15 is 0 Å². The zero-order valence-electron chi connectivity index (χ0n) is 29.6. The molecule has 0 saturated carbocycles. The summed E-state index contributed by atoms with van der Waals surface area (Å²) < 4.78 is 65.3. The van der Waals surface area contributed by atoms with E-state index in [1.165, 1.54) is 35.9 Å². The van der Waals surface area contributed by atoms with E-state index in [1.54, 1.807) is 18.2 Å². The second-order valence-corrected chi connectivity index (χ2v) is 16.7. The Balaban J connectivity index is 1.78. The molecular weight excluding hydrogens is 783 g/mol. The standard InChI is InChI=1S/C34H36Cl2N8O8S2/c1-6-43(13-8-14-53(47,48)49)23-11-12-28(29(18-23)38-20(2)45)40-41-32-25(19-37)31(34(3,4)5)42-44(32)30-26(35)16-22(17-27(30)36)39-33(46)21-9-7-10-24(15-21)54(50,51)52/h7,9-12,15-18H,6,8,13-14H2,1-5H3,(H,38,45)(H,39,46)(H,47,48,49)(H,50,51,52). The first-order valence-corrected chi connectivity index (χ1v) is 19.9. The molecule has 0 atom stereocenters. The lowest BCUT2D eigenvalue weighted by Crippen LogP contribution is -2.25. The molecular formula is C34H36Cl2N8O8S2. The van der Waals surface area contributed by atoms with E-state index in [0.717, 1.165) is 12.1 Å². The predicted molar refractivity (Wildman–Crippen MR) is 205 cm³/mol. The molecule has 0 fully saturated rings. The van der Waals surface area contributed by atoms with Crippen molar-refractivity contribution < 1.29 is 35.5 Å². The number of rotatable bonds is 13. The SMILES string of the molecule is CCN(CCCS(=O)(=O)O)c1ccc(N=Nc2c(C#N)c(C(C)(C)C)nn2-c2c(Cl)cc(NC(=O)c3cccc(S(=O)(=O)O)c3)cc2Cl)c(NC(C)=O)c1. The largest absolute Gasteiger partial charge is 0.372 e. The normalized spacial score (nSPS) is 12.1. The van der Waals surface area contributed by atoms with Crippen molar-refractivity contribution in [1.82, 2.24) is 9.78 Å². The molecule has 2 amide bonds. The Kier molecular flexibility index (Phi) is 12.9. The van der Waals surface area contributed by atoms with E-state index in [9.17, 15) is 36.2 Å². The van der Waals surface area contributed by atoms with Crippen LogP contribution in [0.2, 0.25) is 10.0 Å². The Hall–Kier alpha value is -4.90. The molecule has 20 heteroatoms. The molecule has 4 N–H and O–H groups in total. The van der Waals surface area contributed by atoms with Crippen molar-refractivity contribution in [2.75, 3.05) is 34.4 Å². The van der Waals surface area contributed by atoms with Crippen LogP contribution in [0.15, 0.2) is 69.7 Å². The van der Waals surface area contributed by atoms with Crippen LogP contribution in [0.1, 0.15) is 62.7 Å². The second-order valence-electron chi connectivity index (χ2n) is 12.9. The molecule has 286 valence electrons. The maximum atomic E-state index is 13.0. The minimum atomic E-state index is -4.56. The molecule has 0 aliphatic heterocycles. The first-order valence-electron chi connectivity index (χ1n) is 16.1. The van der Waals surface area contributed by atoms with E-state index in [-0.39, 0.29) is 56.2 Å². The summed E-state index contributed by atoms with van der Waals surface area (Å²) in [7, 11) is -8.70. The van der Waals surface area contributed by atoms with E-state index < -0.39 is 48.1 Å². The topological polar surface area (TPSA) is 237 Å². The Morgan fingerprint density at radius 2 is 1.67 bits per heavy atom. The summed E-state index contributed by atoms with van der Waals surface area (Å²) in [6.45, 7) is 9.46. The third-order valence-corrected chi connectivity index (χ3v) is 9.91. The van der Waals surface area contributed by atoms with Crippen LogP contribution in [0.25, 0.3) is 5.69 Å². The van der Waals surface area contributed by atoms with E-state index in [2.05, 4.69) is 32.0 Å². The summed E-state index contributed by atoms with van der Waals surface area (Å²) in [4.78, 5) is 26.6. The van der Waals surface area contributed by atoms with Gasteiger partial charge < -0.3 is 15.5 Å². The number of nitrogens with one attached hydrogen (secondary N) is 2. The number of hydrogen-bond acceptors (Lipinski definition) is 11. The number of amides is 2. The number of benzene rings is 3. The van der Waals surface area contributed by atoms with Crippen molar-refractivity contribution in [1.29, 1.82) is 5.26 Å². The summed E-state index contributed by atoms with van der Waals surface area (Å²) >= 11 is 13.5. The molecule has 0 unspecified atom stereocenters. The minimum Gasteiger partial charge on any atom is -0.372 e. The van der Waals surface area contributed by atoms with Gasteiger partial charge in [0.2, 0.25) is 5.91 Å². The average molecular weight is 820 g/mol. The van der Waals surface area contributed by atoms with Gasteiger partial charge in [0.05, 0.1) is 32.1 Å². The van der Waals surface area contributed by atoms with Crippen molar-refractivity contribution in [2.24, 2.45) is 10.2 Å². The van der Waals surface area contributed by atoms with Gasteiger partial charge in [-0.05, 0) is 61.9 Å². The molecule has 0 aliphatic carbocycles. The van der Waals surface area contributed by atoms with Crippen LogP contribution in [0.5, 0.6) is 0 Å². The lowest BCUT2D eigenvalue weighted by molar-refractivity contribution is -0.114. The van der Waals surface area contributed by atoms with E-state index in [0.29, 0.717) is 24.5 Å². The van der Waals surface area contributed by atoms with Gasteiger partial charge in [0, 0.05) is 42.4 Å². The van der Waals surface area contributed by atoms with Gasteiger partial charge in [0.15, 0.2) is 5.82 Å². The lowest BCUT2D eigenvalue weighted by atomic mass is 9.90. The third kappa shape index (κ3) is 10.4. The van der Waals surface area contributed by atoms with Crippen LogP contribution in [0.4, 0.5) is 28.6 Å². The number of hydrogen-bond donors (Lipinski definition) is 4. The Morgan fingerprint density at radius 1 is 1.00 bits per heavy atom. The van der Waals surface area contributed by atoms with Crippen molar-refractivity contribution >= 4 is 83.8 Å². The van der Waals surface area contributed by atoms with Crippen LogP contribution in [-0.4, -0.2) is 66.4 Å². The number of aromatic nitrogens is 2. The average Bonchev–Trinajstić information content (AvgIpc) is 3.43. The molecule has 0 radical (unpaired) electrons. The maximum Gasteiger partial charge on any atom is 0.294 e. The van der Waals surface area contributed by atoms with E-state index in [1.807, 2.05) is 32.6 Å². The lowest BCUT2D eigenvalue weighted by Gasteiger charge is -2.24. The second kappa shape index (κ2) is 16.6. The summed E-state index contributed by atoms with van der Waals surface area (Å²) in [5, 5.41) is 29.0. The monoisotopic (exact) mass is 818 g/mol. The number of nitrogens with zero attached hydrogens (tertiary/aromatic N) is 6. The fourth-order valence-corrected chi connectivity index (χ4v) is 6.90. The molecule has 4 aromatic rings. The van der Waals surface area contributed by atoms with Crippen molar-refractivity contribution in [3.63, 3.8) is 0 Å². The maximum absolute atomic E-state index is 13.0. The first kappa shape index (κ1) is 41.9. The number of anilines is 3. The van der Waals surface area contributed by atoms with Crippen LogP contribution in [0, 0.1) is 11.3 Å². The highest BCUT2D eigenvalue weighted by Gasteiger charge is 2.30. The van der Waals surface area contributed by atoms with Crippen molar-refractivity contribution in [3.05, 3.63) is 81.5 Å². The van der Waals surface area contributed by atoms with Crippen LogP contribution in [-0.2, 0) is 30.4 Å². The van der Waals surface area contributed by atoms with Gasteiger partial charge >= 0.3 is 0 Å². The zero-order chi connectivity index (χ0) is 40.2. The number of nitriles is 1. The molecule has 0 bridgehead atoms. The smallest absolute Gasteiger partial charge is 0.294 e. The Bertz CT molecular complexity index is 2380. The molecule has 0 saturated heterocycles. The van der Waals surface area contributed by atoms with Gasteiger partial charge in [-0.2, -0.15) is 27.2 Å². The Morgan fingerprint density at radius 3 is 2.22 bits per heavy atom. The molecule has 1 heterocycles. The highest BCUT2D eigenvalue weighted by atomic mass is 35.5. The minimum absolute atomic E-state index is 0.0228. The van der Waals surface area contributed by atoms with Crippen LogP contribution >= 0.6 is 23.2 Å². The molecule has 0 aliphatic rings. The first-order chi connectivity index (χ1) is 25.1. The number of halogens is 2. The quantitative estimate of drug-likeness (QED) is 0.0770. The van der Waals surface area contributed by atoms with Crippen molar-refractivity contribution in [2.45, 2.75) is 51.3 Å². The molecule has 3 aromatic carbocycles. The Labute approximate surface area is 322 Å². The summed E-state index contributed by atoms with van der Waals surface area (Å²) in [6, 6.07) is 14.5. The van der Waals surface area contributed by atoms with Gasteiger partial charge in [0.1, 0.15) is 23.0 Å². The summed E-state index contributed by atoms with van der Waals surface area (Å²) in [6.07, 6.45) is 0.157. The van der Waals surface area contributed by atoms with Gasteiger partial charge in [0.25, 0.3) is 26.1 Å². The molecule has 16 nitrogen and oxygen atoms in total. The zero-order valence-corrected chi connectivity index (χ0v) is 32.8. The van der Waals surface area contributed by atoms with Gasteiger partial charge in [-0.3, -0.25) is 18.7 Å². The summed E-state index contributed by atoms with van der Waals surface area (Å²) in [5.41, 5.74) is 0.952. The fourth-order valence-electron chi connectivity index (χ4n) is 5.23. The van der Waals surface area contributed by atoms with E-state index in [4.69, 9.17) is 27.8 Å². The van der Waals surface area contributed by atoms with Gasteiger partial charge in [-0.1, -0.05) is 50.0 Å². The molecule has 54 heavy (non-hydrogen) atoms. The fraction of sp³-hybridized carbons (Fsp3) is 0.294.